The zero-order valence-electron chi connectivity index (χ0n) is 10.6. The molecule has 1 amide bonds. The molecule has 0 aliphatic carbocycles. The van der Waals surface area contributed by atoms with Crippen LogP contribution in [0.25, 0.3) is 0 Å². The highest BCUT2D eigenvalue weighted by molar-refractivity contribution is 7.99. The van der Waals surface area contributed by atoms with Crippen LogP contribution in [0.2, 0.25) is 0 Å². The van der Waals surface area contributed by atoms with Crippen LogP contribution in [-0.4, -0.2) is 30.6 Å². The molecule has 0 saturated carbocycles. The van der Waals surface area contributed by atoms with Gasteiger partial charge in [-0.15, -0.1) is 0 Å². The van der Waals surface area contributed by atoms with Gasteiger partial charge in [0.2, 0.25) is 0 Å². The van der Waals surface area contributed by atoms with Crippen molar-refractivity contribution in [3.8, 4) is 5.75 Å². The van der Waals surface area contributed by atoms with Crippen molar-refractivity contribution in [2.45, 2.75) is 13.3 Å². The number of thioether (sulfide) groups is 1. The van der Waals surface area contributed by atoms with Gasteiger partial charge in [-0.2, -0.15) is 11.8 Å². The van der Waals surface area contributed by atoms with E-state index < -0.39 is 5.91 Å². The zero-order chi connectivity index (χ0) is 13.2. The van der Waals surface area contributed by atoms with Gasteiger partial charge in [0.1, 0.15) is 5.75 Å². The molecule has 0 bridgehead atoms. The van der Waals surface area contributed by atoms with Crippen LogP contribution in [-0.2, 0) is 4.79 Å². The second-order valence-electron chi connectivity index (χ2n) is 3.76. The summed E-state index contributed by atoms with van der Waals surface area (Å²) in [7, 11) is 0. The minimum Gasteiger partial charge on any atom is -0.484 e. The van der Waals surface area contributed by atoms with Crippen molar-refractivity contribution in [2.75, 3.05) is 30.0 Å². The largest absolute Gasteiger partial charge is 0.484 e. The van der Waals surface area contributed by atoms with Crippen LogP contribution in [0, 0.1) is 0 Å². The number of nitrogens with two attached hydrogens (primary N) is 1. The number of ether oxygens (including phenoxy) is 1. The van der Waals surface area contributed by atoms with E-state index in [4.69, 9.17) is 10.5 Å². The molecule has 0 radical (unpaired) electrons. The van der Waals surface area contributed by atoms with E-state index in [1.165, 1.54) is 11.5 Å². The smallest absolute Gasteiger partial charge is 0.255 e. The maximum Gasteiger partial charge on any atom is 0.255 e. The molecule has 0 atom stereocenters. The van der Waals surface area contributed by atoms with Crippen molar-refractivity contribution in [1.29, 1.82) is 0 Å². The monoisotopic (exact) mass is 268 g/mol. The number of nitrogens with one attached hydrogen (secondary N) is 1. The number of hydrogen-bond acceptors (Lipinski definition) is 4. The van der Waals surface area contributed by atoms with E-state index in [0.29, 0.717) is 5.75 Å². The number of hydrogen-bond donors (Lipinski definition) is 2. The van der Waals surface area contributed by atoms with E-state index in [-0.39, 0.29) is 6.61 Å². The second-order valence-corrected chi connectivity index (χ2v) is 5.15. The zero-order valence-corrected chi connectivity index (χ0v) is 11.5. The number of amides is 1. The summed E-state index contributed by atoms with van der Waals surface area (Å²) >= 11 is 1.95. The van der Waals surface area contributed by atoms with Gasteiger partial charge in [-0.25, -0.2) is 0 Å². The quantitative estimate of drug-likeness (QED) is 0.673. The van der Waals surface area contributed by atoms with Gasteiger partial charge < -0.3 is 15.8 Å². The van der Waals surface area contributed by atoms with Gasteiger partial charge in [0.25, 0.3) is 5.91 Å². The summed E-state index contributed by atoms with van der Waals surface area (Å²) in [5, 5.41) is 3.34. The van der Waals surface area contributed by atoms with Gasteiger partial charge in [0.05, 0.1) is 0 Å². The maximum atomic E-state index is 10.6. The third kappa shape index (κ3) is 6.39. The van der Waals surface area contributed by atoms with Crippen molar-refractivity contribution in [3.63, 3.8) is 0 Å². The first-order valence-corrected chi connectivity index (χ1v) is 7.20. The predicted octanol–water partition coefficient (Wildman–Crippen LogP) is 2.11. The number of rotatable bonds is 9. The Labute approximate surface area is 112 Å². The van der Waals surface area contributed by atoms with Crippen molar-refractivity contribution >= 4 is 23.4 Å². The van der Waals surface area contributed by atoms with Gasteiger partial charge in [0.15, 0.2) is 6.61 Å². The normalized spacial score (nSPS) is 10.1. The minimum absolute atomic E-state index is 0.0823. The summed E-state index contributed by atoms with van der Waals surface area (Å²) in [4.78, 5) is 10.6. The minimum atomic E-state index is -0.467. The summed E-state index contributed by atoms with van der Waals surface area (Å²) in [6, 6.07) is 7.52. The van der Waals surface area contributed by atoms with Crippen molar-refractivity contribution in [1.82, 2.24) is 0 Å². The van der Waals surface area contributed by atoms with Crippen molar-refractivity contribution < 1.29 is 9.53 Å². The van der Waals surface area contributed by atoms with E-state index in [9.17, 15) is 4.79 Å². The van der Waals surface area contributed by atoms with Crippen LogP contribution in [0.3, 0.4) is 0 Å². The van der Waals surface area contributed by atoms with Gasteiger partial charge in [0, 0.05) is 12.2 Å². The molecular weight excluding hydrogens is 248 g/mol. The topological polar surface area (TPSA) is 64.3 Å². The fourth-order valence-electron chi connectivity index (χ4n) is 1.37. The first kappa shape index (κ1) is 14.7. The second kappa shape index (κ2) is 8.69. The molecule has 0 heterocycles. The molecule has 100 valence electrons. The molecule has 0 fully saturated rings. The van der Waals surface area contributed by atoms with Crippen molar-refractivity contribution in [3.05, 3.63) is 24.3 Å². The Morgan fingerprint density at radius 3 is 2.72 bits per heavy atom. The van der Waals surface area contributed by atoms with Crippen LogP contribution in [0.5, 0.6) is 5.75 Å². The summed E-state index contributed by atoms with van der Waals surface area (Å²) in [5.41, 5.74) is 6.06. The molecule has 5 heteroatoms. The van der Waals surface area contributed by atoms with Gasteiger partial charge in [-0.1, -0.05) is 6.92 Å². The fourth-order valence-corrected chi connectivity index (χ4v) is 2.01. The van der Waals surface area contributed by atoms with Crippen LogP contribution in [0.1, 0.15) is 13.3 Å². The van der Waals surface area contributed by atoms with Crippen LogP contribution < -0.4 is 15.8 Å². The molecule has 0 aliphatic heterocycles. The Balaban J connectivity index is 2.25. The molecule has 1 rings (SSSR count). The first-order valence-electron chi connectivity index (χ1n) is 6.05. The van der Waals surface area contributed by atoms with E-state index in [1.807, 2.05) is 36.0 Å². The number of benzene rings is 1. The van der Waals surface area contributed by atoms with Crippen LogP contribution >= 0.6 is 11.8 Å². The SMILES string of the molecule is CCSCCCNc1ccc(OCC(N)=O)cc1. The molecule has 0 saturated heterocycles. The van der Waals surface area contributed by atoms with Gasteiger partial charge in [-0.05, 0) is 42.2 Å². The number of anilines is 1. The Hall–Kier alpha value is -1.36. The highest BCUT2D eigenvalue weighted by Crippen LogP contribution is 2.15. The predicted molar refractivity (Wildman–Crippen MR) is 77.2 cm³/mol. The molecule has 0 aromatic heterocycles. The lowest BCUT2D eigenvalue weighted by Crippen LogP contribution is -2.19. The molecule has 0 aliphatic rings. The van der Waals surface area contributed by atoms with E-state index in [2.05, 4.69) is 12.2 Å². The first-order chi connectivity index (χ1) is 8.72. The summed E-state index contributed by atoms with van der Waals surface area (Å²) in [6.07, 6.45) is 1.15. The van der Waals surface area contributed by atoms with E-state index in [0.717, 1.165) is 18.7 Å². The Morgan fingerprint density at radius 1 is 1.39 bits per heavy atom. The molecule has 1 aromatic carbocycles. The van der Waals surface area contributed by atoms with Gasteiger partial charge in [-0.3, -0.25) is 4.79 Å². The average Bonchev–Trinajstić information content (AvgIpc) is 2.37. The Kier molecular flexibility index (Phi) is 7.10. The molecule has 4 nitrogen and oxygen atoms in total. The summed E-state index contributed by atoms with van der Waals surface area (Å²) in [5.74, 6) is 2.54. The third-order valence-corrected chi connectivity index (χ3v) is 3.22. The Bertz CT molecular complexity index is 355. The Morgan fingerprint density at radius 2 is 2.11 bits per heavy atom. The number of primary amides is 1. The lowest BCUT2D eigenvalue weighted by molar-refractivity contribution is -0.119. The van der Waals surface area contributed by atoms with Crippen molar-refractivity contribution in [2.24, 2.45) is 5.73 Å². The maximum absolute atomic E-state index is 10.6. The highest BCUT2D eigenvalue weighted by Gasteiger charge is 1.97. The van der Waals surface area contributed by atoms with E-state index >= 15 is 0 Å². The number of carbonyl (C=O) groups is 1. The third-order valence-electron chi connectivity index (χ3n) is 2.23. The van der Waals surface area contributed by atoms with E-state index in [1.54, 1.807) is 0 Å². The molecule has 18 heavy (non-hydrogen) atoms. The number of carbonyl (C=O) groups excluding carboxylic acids is 1. The molecule has 3 N–H and O–H groups in total. The molecular formula is C13H20N2O2S. The van der Waals surface area contributed by atoms with Crippen LogP contribution in [0.15, 0.2) is 24.3 Å². The van der Waals surface area contributed by atoms with Crippen LogP contribution in [0.4, 0.5) is 5.69 Å². The standard InChI is InChI=1S/C13H20N2O2S/c1-2-18-9-3-8-15-11-4-6-12(7-5-11)17-10-13(14)16/h4-7,15H,2-3,8-10H2,1H3,(H2,14,16). The fraction of sp³-hybridized carbons (Fsp3) is 0.462. The highest BCUT2D eigenvalue weighted by atomic mass is 32.2. The lowest BCUT2D eigenvalue weighted by Gasteiger charge is -2.07. The lowest BCUT2D eigenvalue weighted by atomic mass is 10.3. The molecule has 0 unspecified atom stereocenters. The van der Waals surface area contributed by atoms with Gasteiger partial charge >= 0.3 is 0 Å². The average molecular weight is 268 g/mol. The molecule has 0 spiro atoms. The molecule has 1 aromatic rings. The summed E-state index contributed by atoms with van der Waals surface area (Å²) in [6.45, 7) is 3.05. The summed E-state index contributed by atoms with van der Waals surface area (Å²) < 4.78 is 5.17.